The number of aromatic amines is 1. The van der Waals surface area contributed by atoms with Gasteiger partial charge in [0.2, 0.25) is 5.91 Å². The van der Waals surface area contributed by atoms with Crippen LogP contribution in [-0.4, -0.2) is 28.8 Å². The maximum absolute atomic E-state index is 12.1. The van der Waals surface area contributed by atoms with E-state index in [9.17, 15) is 4.79 Å². The number of H-pyrrole nitrogens is 1. The van der Waals surface area contributed by atoms with Crippen LogP contribution >= 0.6 is 0 Å². The van der Waals surface area contributed by atoms with Gasteiger partial charge in [-0.3, -0.25) is 9.69 Å². The molecule has 0 unspecified atom stereocenters. The highest BCUT2D eigenvalue weighted by Gasteiger charge is 2.37. The summed E-state index contributed by atoms with van der Waals surface area (Å²) in [6.45, 7) is 3.73. The van der Waals surface area contributed by atoms with E-state index in [4.69, 9.17) is 5.73 Å². The lowest BCUT2D eigenvalue weighted by Gasteiger charge is -2.32. The molecule has 3 rings (SSSR count). The Labute approximate surface area is 129 Å². The van der Waals surface area contributed by atoms with Gasteiger partial charge in [-0.05, 0) is 38.1 Å². The third kappa shape index (κ3) is 2.23. The van der Waals surface area contributed by atoms with Crippen molar-refractivity contribution in [3.05, 3.63) is 35.5 Å². The van der Waals surface area contributed by atoms with Crippen molar-refractivity contribution in [1.29, 1.82) is 0 Å². The number of fused-ring (bicyclic) bond motifs is 1. The van der Waals surface area contributed by atoms with Crippen molar-refractivity contribution < 1.29 is 4.79 Å². The number of nitrogens with two attached hydrogens (primary N) is 1. The molecule has 0 bridgehead atoms. The third-order valence-corrected chi connectivity index (χ3v) is 4.04. The zero-order valence-corrected chi connectivity index (χ0v) is 12.9. The number of benzene rings is 1. The average Bonchev–Trinajstić information content (AvgIpc) is 2.89. The quantitative estimate of drug-likeness (QED) is 0.789. The van der Waals surface area contributed by atoms with Crippen LogP contribution in [0.3, 0.4) is 0 Å². The summed E-state index contributed by atoms with van der Waals surface area (Å²) in [6.07, 6.45) is 0.290. The molecule has 1 aliphatic heterocycles. The summed E-state index contributed by atoms with van der Waals surface area (Å²) in [6, 6.07) is 8.01. The lowest BCUT2D eigenvalue weighted by Crippen LogP contribution is -2.47. The Hall–Kier alpha value is -2.74. The number of carbonyl (C=O) groups is 1. The molecule has 0 spiro atoms. The summed E-state index contributed by atoms with van der Waals surface area (Å²) in [4.78, 5) is 21.3. The van der Waals surface area contributed by atoms with Gasteiger partial charge in [-0.2, -0.15) is 0 Å². The zero-order chi connectivity index (χ0) is 15.9. The van der Waals surface area contributed by atoms with Crippen molar-refractivity contribution >= 4 is 22.8 Å². The molecule has 22 heavy (non-hydrogen) atoms. The van der Waals surface area contributed by atoms with Gasteiger partial charge in [0, 0.05) is 29.2 Å². The van der Waals surface area contributed by atoms with Crippen LogP contribution < -0.4 is 5.73 Å². The standard InChI is InChI=1S/C17H18N4O/c1-4-5-11-6-7-13-12(8-11)9-14(19-13)17(2)10-15(22)21(3)16(18)20-17/h6-9,19H,10H2,1-3H3,(H2,18,20)/t17-/m0/s1. The maximum atomic E-state index is 12.1. The Bertz CT molecular complexity index is 852. The van der Waals surface area contributed by atoms with E-state index in [2.05, 4.69) is 21.8 Å². The summed E-state index contributed by atoms with van der Waals surface area (Å²) >= 11 is 0. The maximum Gasteiger partial charge on any atom is 0.231 e. The molecule has 5 heteroatoms. The number of guanidine groups is 1. The molecule has 0 fully saturated rings. The van der Waals surface area contributed by atoms with Gasteiger partial charge < -0.3 is 10.7 Å². The second-order valence-electron chi connectivity index (χ2n) is 5.73. The van der Waals surface area contributed by atoms with E-state index in [1.807, 2.05) is 38.1 Å². The lowest BCUT2D eigenvalue weighted by molar-refractivity contribution is -0.128. The van der Waals surface area contributed by atoms with Crippen LogP contribution in [0.15, 0.2) is 29.3 Å². The fourth-order valence-corrected chi connectivity index (χ4v) is 2.71. The van der Waals surface area contributed by atoms with Crippen molar-refractivity contribution in [1.82, 2.24) is 9.88 Å². The van der Waals surface area contributed by atoms with Crippen LogP contribution in [-0.2, 0) is 10.3 Å². The topological polar surface area (TPSA) is 74.5 Å². The van der Waals surface area contributed by atoms with Crippen molar-refractivity contribution in [2.75, 3.05) is 7.05 Å². The molecule has 0 aliphatic carbocycles. The van der Waals surface area contributed by atoms with E-state index in [-0.39, 0.29) is 11.9 Å². The monoisotopic (exact) mass is 294 g/mol. The van der Waals surface area contributed by atoms with E-state index in [0.717, 1.165) is 22.2 Å². The number of aromatic nitrogens is 1. The fourth-order valence-electron chi connectivity index (χ4n) is 2.71. The largest absolute Gasteiger partial charge is 0.369 e. The molecule has 1 atom stereocenters. The Kier molecular flexibility index (Phi) is 3.18. The van der Waals surface area contributed by atoms with Crippen LogP contribution in [0.2, 0.25) is 0 Å². The van der Waals surface area contributed by atoms with Gasteiger partial charge in [0.1, 0.15) is 5.54 Å². The molecule has 2 heterocycles. The Balaban J connectivity index is 2.09. The molecule has 1 aliphatic rings. The first kappa shape index (κ1) is 14.2. The SMILES string of the molecule is CC#Cc1ccc2[nH]c([C@]3(C)CC(=O)N(C)C(N)=N3)cc2c1. The summed E-state index contributed by atoms with van der Waals surface area (Å²) in [7, 11) is 1.64. The number of nitrogens with one attached hydrogen (secondary N) is 1. The lowest BCUT2D eigenvalue weighted by atomic mass is 9.92. The minimum atomic E-state index is -0.663. The van der Waals surface area contributed by atoms with Crippen molar-refractivity contribution in [3.63, 3.8) is 0 Å². The van der Waals surface area contributed by atoms with E-state index < -0.39 is 5.54 Å². The molecule has 112 valence electrons. The summed E-state index contributed by atoms with van der Waals surface area (Å²) in [5.74, 6) is 6.15. The smallest absolute Gasteiger partial charge is 0.231 e. The molecule has 3 N–H and O–H groups in total. The van der Waals surface area contributed by atoms with Crippen LogP contribution in [0.25, 0.3) is 10.9 Å². The zero-order valence-electron chi connectivity index (χ0n) is 12.9. The molecule has 5 nitrogen and oxygen atoms in total. The second-order valence-corrected chi connectivity index (χ2v) is 5.73. The predicted molar refractivity (Wildman–Crippen MR) is 87.2 cm³/mol. The minimum absolute atomic E-state index is 0.0359. The van der Waals surface area contributed by atoms with Crippen molar-refractivity contribution in [2.45, 2.75) is 25.8 Å². The van der Waals surface area contributed by atoms with Crippen LogP contribution in [0.4, 0.5) is 0 Å². The number of hydrogen-bond acceptors (Lipinski definition) is 3. The van der Waals surface area contributed by atoms with Crippen molar-refractivity contribution in [2.24, 2.45) is 10.7 Å². The van der Waals surface area contributed by atoms with E-state index in [1.165, 1.54) is 4.90 Å². The normalized spacial score (nSPS) is 21.5. The number of hydrogen-bond donors (Lipinski definition) is 2. The van der Waals surface area contributed by atoms with Gasteiger partial charge in [0.15, 0.2) is 5.96 Å². The molecule has 2 aromatic rings. The van der Waals surface area contributed by atoms with Crippen LogP contribution in [0, 0.1) is 11.8 Å². The molecular formula is C17H18N4O. The number of rotatable bonds is 1. The average molecular weight is 294 g/mol. The van der Waals surface area contributed by atoms with Gasteiger partial charge in [0.05, 0.1) is 6.42 Å². The minimum Gasteiger partial charge on any atom is -0.369 e. The van der Waals surface area contributed by atoms with Gasteiger partial charge >= 0.3 is 0 Å². The van der Waals surface area contributed by atoms with Crippen molar-refractivity contribution in [3.8, 4) is 11.8 Å². The molecule has 0 saturated heterocycles. The van der Waals surface area contributed by atoms with E-state index in [1.54, 1.807) is 7.05 Å². The van der Waals surface area contributed by atoms with Gasteiger partial charge in [-0.1, -0.05) is 5.92 Å². The molecule has 1 aromatic carbocycles. The Morgan fingerprint density at radius 2 is 2.18 bits per heavy atom. The summed E-state index contributed by atoms with van der Waals surface area (Å²) < 4.78 is 0. The number of carbonyl (C=O) groups excluding carboxylic acids is 1. The van der Waals surface area contributed by atoms with Gasteiger partial charge in [0.25, 0.3) is 0 Å². The predicted octanol–water partition coefficient (Wildman–Crippen LogP) is 1.93. The first-order valence-corrected chi connectivity index (χ1v) is 7.11. The van der Waals surface area contributed by atoms with Gasteiger partial charge in [-0.25, -0.2) is 4.99 Å². The number of amides is 1. The first-order valence-electron chi connectivity index (χ1n) is 7.11. The highest BCUT2D eigenvalue weighted by atomic mass is 16.2. The highest BCUT2D eigenvalue weighted by Crippen LogP contribution is 2.34. The molecule has 0 radical (unpaired) electrons. The van der Waals surface area contributed by atoms with Gasteiger partial charge in [-0.15, -0.1) is 5.92 Å². The molecule has 1 amide bonds. The third-order valence-electron chi connectivity index (χ3n) is 4.04. The highest BCUT2D eigenvalue weighted by molar-refractivity contribution is 5.99. The number of aliphatic imine (C=N–C) groups is 1. The molecule has 0 saturated carbocycles. The van der Waals surface area contributed by atoms with Crippen LogP contribution in [0.1, 0.15) is 31.5 Å². The van der Waals surface area contributed by atoms with E-state index in [0.29, 0.717) is 6.42 Å². The summed E-state index contributed by atoms with van der Waals surface area (Å²) in [5.41, 5.74) is 8.05. The van der Waals surface area contributed by atoms with Crippen LogP contribution in [0.5, 0.6) is 0 Å². The summed E-state index contributed by atoms with van der Waals surface area (Å²) in [5, 5.41) is 1.05. The fraction of sp³-hybridized carbons (Fsp3) is 0.294. The second kappa shape index (κ2) is 4.92. The molecule has 1 aromatic heterocycles. The number of nitrogens with zero attached hydrogens (tertiary/aromatic N) is 2. The Morgan fingerprint density at radius 3 is 2.86 bits per heavy atom. The first-order chi connectivity index (χ1) is 10.4. The van der Waals surface area contributed by atoms with E-state index >= 15 is 0 Å². The Morgan fingerprint density at radius 1 is 1.41 bits per heavy atom. The molecular weight excluding hydrogens is 276 g/mol.